The molecule has 2 atom stereocenters. The Balaban J connectivity index is 1.39. The number of imidazole rings is 2. The summed E-state index contributed by atoms with van der Waals surface area (Å²) in [6.45, 7) is 4.15. The zero-order valence-electron chi connectivity index (χ0n) is 33.8. The Kier molecular flexibility index (Phi) is 14.5. The molecule has 0 saturated carbocycles. The Morgan fingerprint density at radius 3 is 1.61 bits per heavy atom. The average molecular weight is 880 g/mol. The number of nitrogens with one attached hydrogen (secondary N) is 3. The van der Waals surface area contributed by atoms with E-state index in [9.17, 15) is 36.0 Å². The number of methoxy groups -OCH3 is 2. The highest BCUT2D eigenvalue weighted by Crippen LogP contribution is 2.21. The molecule has 0 aliphatic carbocycles. The van der Waals surface area contributed by atoms with Gasteiger partial charge in [0.2, 0.25) is 11.8 Å². The van der Waals surface area contributed by atoms with Gasteiger partial charge >= 0.3 is 12.1 Å². The summed E-state index contributed by atoms with van der Waals surface area (Å²) in [5, 5.41) is 7.43. The number of alkyl carbamates (subject to hydrolysis) is 1. The quantitative estimate of drug-likeness (QED) is 0.107. The van der Waals surface area contributed by atoms with Crippen molar-refractivity contribution >= 4 is 43.9 Å². The molecule has 0 bridgehead atoms. The Hall–Kier alpha value is -6.74. The van der Waals surface area contributed by atoms with Gasteiger partial charge in [0.15, 0.2) is 0 Å². The van der Waals surface area contributed by atoms with Crippen LogP contribution < -0.4 is 25.4 Å². The largest absolute Gasteiger partial charge is 0.497 e. The minimum Gasteiger partial charge on any atom is -0.497 e. The maximum atomic E-state index is 14.1. The minimum absolute atomic E-state index is 0.0447. The number of hydrogen-bond donors (Lipinski definition) is 3. The third kappa shape index (κ3) is 12.4. The molecule has 0 aliphatic rings. The van der Waals surface area contributed by atoms with Crippen LogP contribution in [-0.4, -0.2) is 97.1 Å². The van der Waals surface area contributed by atoms with E-state index < -0.39 is 74.6 Å². The maximum Gasteiger partial charge on any atom is 0.408 e. The molecule has 0 fully saturated rings. The topological polar surface area (TPSA) is 245 Å². The molecule has 2 aromatic heterocycles. The summed E-state index contributed by atoms with van der Waals surface area (Å²) in [4.78, 5) is 61.6. The van der Waals surface area contributed by atoms with Crippen molar-refractivity contribution in [3.8, 4) is 11.5 Å². The van der Waals surface area contributed by atoms with Crippen LogP contribution in [0.3, 0.4) is 0 Å². The summed E-state index contributed by atoms with van der Waals surface area (Å²) in [5.74, 6) is -1.75. The van der Waals surface area contributed by atoms with E-state index in [4.69, 9.17) is 18.9 Å². The molecule has 0 saturated heterocycles. The summed E-state index contributed by atoms with van der Waals surface area (Å²) in [6.07, 6.45) is 2.59. The fourth-order valence-electron chi connectivity index (χ4n) is 5.53. The molecule has 5 rings (SSSR count). The zero-order chi connectivity index (χ0) is 44.4. The van der Waals surface area contributed by atoms with E-state index in [1.165, 1.54) is 62.8 Å². The summed E-state index contributed by atoms with van der Waals surface area (Å²) in [7, 11) is -5.41. The normalized spacial score (nSPS) is 12.7. The molecule has 5 aromatic rings. The Morgan fingerprint density at radius 2 is 1.15 bits per heavy atom. The zero-order valence-corrected chi connectivity index (χ0v) is 35.4. The van der Waals surface area contributed by atoms with Gasteiger partial charge in [0, 0.05) is 25.2 Å². The van der Waals surface area contributed by atoms with Crippen LogP contribution in [0.5, 0.6) is 11.5 Å². The lowest BCUT2D eigenvalue weighted by Gasteiger charge is -2.25. The predicted molar refractivity (Wildman–Crippen MR) is 217 cm³/mol. The Bertz CT molecular complexity index is 2540. The summed E-state index contributed by atoms with van der Waals surface area (Å²) >= 11 is 0. The lowest BCUT2D eigenvalue weighted by Crippen LogP contribution is -2.56. The first-order valence-electron chi connectivity index (χ1n) is 18.5. The van der Waals surface area contributed by atoms with E-state index in [0.29, 0.717) is 17.1 Å². The first-order chi connectivity index (χ1) is 28.9. The van der Waals surface area contributed by atoms with Gasteiger partial charge in [0.05, 0.1) is 35.4 Å². The maximum absolute atomic E-state index is 14.1. The summed E-state index contributed by atoms with van der Waals surface area (Å²) in [5.41, 5.74) is -0.178. The van der Waals surface area contributed by atoms with Gasteiger partial charge in [0.1, 0.15) is 55.0 Å². The first-order valence-corrected chi connectivity index (χ1v) is 21.4. The number of amides is 3. The van der Waals surface area contributed by atoms with Crippen molar-refractivity contribution in [2.24, 2.45) is 0 Å². The van der Waals surface area contributed by atoms with Crippen molar-refractivity contribution in [3.63, 3.8) is 0 Å². The average Bonchev–Trinajstić information content (AvgIpc) is 3.92. The number of aromatic nitrogens is 4. The van der Waals surface area contributed by atoms with Crippen molar-refractivity contribution in [1.29, 1.82) is 0 Å². The number of rotatable bonds is 18. The predicted octanol–water partition coefficient (Wildman–Crippen LogP) is 2.59. The number of esters is 1. The Morgan fingerprint density at radius 1 is 0.672 bits per heavy atom. The highest BCUT2D eigenvalue weighted by Gasteiger charge is 2.31. The third-order valence-corrected chi connectivity index (χ3v) is 11.9. The summed E-state index contributed by atoms with van der Waals surface area (Å²) < 4.78 is 76.1. The number of carbonyl (C=O) groups is 4. The highest BCUT2D eigenvalue weighted by atomic mass is 32.2. The van der Waals surface area contributed by atoms with Crippen molar-refractivity contribution in [2.75, 3.05) is 20.8 Å². The van der Waals surface area contributed by atoms with Gasteiger partial charge in [-0.15, -0.1) is 0 Å². The van der Waals surface area contributed by atoms with Gasteiger partial charge in [-0.3, -0.25) is 14.4 Å². The van der Waals surface area contributed by atoms with Gasteiger partial charge in [-0.25, -0.2) is 39.5 Å². The van der Waals surface area contributed by atoms with E-state index in [1.807, 2.05) is 0 Å². The molecule has 2 heterocycles. The molecular weight excluding hydrogens is 835 g/mol. The number of nitrogens with zero attached hydrogens (tertiary/aromatic N) is 4. The lowest BCUT2D eigenvalue weighted by atomic mass is 10.1. The van der Waals surface area contributed by atoms with E-state index in [0.717, 1.165) is 33.0 Å². The molecule has 19 nitrogen and oxygen atoms in total. The summed E-state index contributed by atoms with van der Waals surface area (Å²) in [6, 6.07) is 17.1. The van der Waals surface area contributed by atoms with Gasteiger partial charge in [0.25, 0.3) is 20.0 Å². The van der Waals surface area contributed by atoms with E-state index in [-0.39, 0.29) is 34.2 Å². The molecule has 3 amide bonds. The van der Waals surface area contributed by atoms with Crippen LogP contribution in [-0.2, 0) is 63.4 Å². The van der Waals surface area contributed by atoms with Gasteiger partial charge in [-0.1, -0.05) is 30.3 Å². The third-order valence-electron chi connectivity index (χ3n) is 8.61. The number of carbonyl (C=O) groups excluding carboxylic acids is 4. The monoisotopic (exact) mass is 879 g/mol. The molecular formula is C40H45N7O12S2. The second-order valence-electron chi connectivity index (χ2n) is 14.3. The molecule has 0 unspecified atom stereocenters. The van der Waals surface area contributed by atoms with Crippen LogP contribution in [0, 0.1) is 0 Å². The molecule has 0 spiro atoms. The van der Waals surface area contributed by atoms with Crippen molar-refractivity contribution in [1.82, 2.24) is 33.9 Å². The number of hydrogen-bond acceptors (Lipinski definition) is 14. The van der Waals surface area contributed by atoms with Crippen LogP contribution >= 0.6 is 0 Å². The fourth-order valence-corrected chi connectivity index (χ4v) is 7.84. The van der Waals surface area contributed by atoms with Crippen molar-refractivity contribution in [2.45, 2.75) is 67.7 Å². The van der Waals surface area contributed by atoms with Crippen LogP contribution in [0.15, 0.2) is 114 Å². The fraction of sp³-hybridized carbons (Fsp3) is 0.300. The standard InChI is InChI=1S/C40H45N7O12S2/c1-40(2,3)59-39(51)45-35(20-29-23-47(26-43-29)61(54,55)33-17-13-31(57-5)14-18-33)38(50)44-34(37(49)41-21-36(48)58-24-27-9-7-6-8-10-27)19-28-22-46(25-42-28)60(52,53)32-15-11-30(56-4)12-16-32/h6-18,22-23,25-26,34-35H,19-21,24H2,1-5H3,(H,41,49)(H,44,50)(H,45,51)/t34-,35-/m0/s1. The van der Waals surface area contributed by atoms with E-state index in [1.54, 1.807) is 51.1 Å². The lowest BCUT2D eigenvalue weighted by molar-refractivity contribution is -0.145. The van der Waals surface area contributed by atoms with Gasteiger partial charge in [-0.2, -0.15) is 0 Å². The SMILES string of the molecule is COc1ccc(S(=O)(=O)n2cnc(C[C@H](NC(=O)OC(C)(C)C)C(=O)N[C@@H](Cc3cn(S(=O)(=O)c4ccc(OC)cc4)cn3)C(=O)NCC(=O)OCc3ccccc3)c2)cc1. The smallest absolute Gasteiger partial charge is 0.408 e. The van der Waals surface area contributed by atoms with E-state index >= 15 is 0 Å². The minimum atomic E-state index is -4.15. The Labute approximate surface area is 352 Å². The molecule has 61 heavy (non-hydrogen) atoms. The molecule has 324 valence electrons. The second kappa shape index (κ2) is 19.5. The van der Waals surface area contributed by atoms with Gasteiger partial charge in [-0.05, 0) is 74.9 Å². The molecule has 21 heteroatoms. The molecule has 0 radical (unpaired) electrons. The van der Waals surface area contributed by atoms with Crippen LogP contribution in [0.1, 0.15) is 37.7 Å². The molecule has 0 aliphatic heterocycles. The second-order valence-corrected chi connectivity index (χ2v) is 18.0. The van der Waals surface area contributed by atoms with Crippen molar-refractivity contribution in [3.05, 3.63) is 121 Å². The number of ether oxygens (including phenoxy) is 4. The van der Waals surface area contributed by atoms with Crippen LogP contribution in [0.4, 0.5) is 4.79 Å². The molecule has 3 aromatic carbocycles. The van der Waals surface area contributed by atoms with Gasteiger partial charge < -0.3 is 34.9 Å². The molecule has 3 N–H and O–H groups in total. The van der Waals surface area contributed by atoms with Crippen LogP contribution in [0.25, 0.3) is 0 Å². The van der Waals surface area contributed by atoms with Crippen LogP contribution in [0.2, 0.25) is 0 Å². The first kappa shape index (κ1) is 45.3. The van der Waals surface area contributed by atoms with E-state index in [2.05, 4.69) is 25.9 Å². The highest BCUT2D eigenvalue weighted by molar-refractivity contribution is 7.90. The number of benzene rings is 3. The van der Waals surface area contributed by atoms with Crippen molar-refractivity contribution < 1.29 is 55.0 Å².